The molecule has 2 heteroatoms. The zero-order valence-electron chi connectivity index (χ0n) is 6.63. The van der Waals surface area contributed by atoms with Gasteiger partial charge in [0, 0.05) is 24.0 Å². The zero-order valence-corrected chi connectivity index (χ0v) is 6.63. The molecule has 1 aromatic heterocycles. The SMILES string of the molecule is c1cc2ccc3c(c2o1)CNC3. The fourth-order valence-corrected chi connectivity index (χ4v) is 1.81. The minimum Gasteiger partial charge on any atom is -0.464 e. The zero-order chi connectivity index (χ0) is 7.97. The lowest BCUT2D eigenvalue weighted by atomic mass is 10.1. The fourth-order valence-electron chi connectivity index (χ4n) is 1.81. The highest BCUT2D eigenvalue weighted by atomic mass is 16.3. The molecule has 0 fully saturated rings. The van der Waals surface area contributed by atoms with Gasteiger partial charge in [0.15, 0.2) is 0 Å². The first-order valence-corrected chi connectivity index (χ1v) is 4.14. The van der Waals surface area contributed by atoms with Gasteiger partial charge in [-0.05, 0) is 11.6 Å². The van der Waals surface area contributed by atoms with Crippen LogP contribution in [0.2, 0.25) is 0 Å². The first kappa shape index (κ1) is 6.26. The largest absolute Gasteiger partial charge is 0.464 e. The molecule has 1 aliphatic rings. The van der Waals surface area contributed by atoms with Crippen LogP contribution in [0.25, 0.3) is 11.0 Å². The second-order valence-electron chi connectivity index (χ2n) is 3.15. The van der Waals surface area contributed by atoms with Crippen LogP contribution in [0.3, 0.4) is 0 Å². The topological polar surface area (TPSA) is 25.2 Å². The predicted octanol–water partition coefficient (Wildman–Crippen LogP) is 2.04. The summed E-state index contributed by atoms with van der Waals surface area (Å²) in [5, 5.41) is 4.52. The van der Waals surface area contributed by atoms with E-state index in [2.05, 4.69) is 17.4 Å². The number of benzene rings is 1. The van der Waals surface area contributed by atoms with Crippen molar-refractivity contribution in [1.29, 1.82) is 0 Å². The van der Waals surface area contributed by atoms with Gasteiger partial charge in [0.05, 0.1) is 6.26 Å². The minimum atomic E-state index is 0.945. The molecule has 0 spiro atoms. The van der Waals surface area contributed by atoms with Crippen LogP contribution in [0.15, 0.2) is 28.9 Å². The maximum Gasteiger partial charge on any atom is 0.138 e. The Labute approximate surface area is 70.2 Å². The van der Waals surface area contributed by atoms with Crippen LogP contribution in [0.4, 0.5) is 0 Å². The standard InChI is InChI=1S/C10H9NO/c1-2-8-5-11-6-9(8)10-7(1)3-4-12-10/h1-4,11H,5-6H2. The lowest BCUT2D eigenvalue weighted by molar-refractivity contribution is 0.610. The summed E-state index contributed by atoms with van der Waals surface area (Å²) in [5.41, 5.74) is 3.76. The van der Waals surface area contributed by atoms with Gasteiger partial charge in [0.1, 0.15) is 5.58 Å². The van der Waals surface area contributed by atoms with Gasteiger partial charge < -0.3 is 9.73 Å². The van der Waals surface area contributed by atoms with Crippen molar-refractivity contribution in [1.82, 2.24) is 5.32 Å². The normalized spacial score (nSPS) is 15.3. The number of rotatable bonds is 0. The van der Waals surface area contributed by atoms with E-state index in [-0.39, 0.29) is 0 Å². The average molecular weight is 159 g/mol. The Morgan fingerprint density at radius 3 is 3.17 bits per heavy atom. The molecule has 60 valence electrons. The highest BCUT2D eigenvalue weighted by Crippen LogP contribution is 2.26. The molecule has 0 bridgehead atoms. The summed E-state index contributed by atoms with van der Waals surface area (Å²) in [6.07, 6.45) is 1.75. The molecule has 1 N–H and O–H groups in total. The van der Waals surface area contributed by atoms with E-state index in [9.17, 15) is 0 Å². The third-order valence-electron chi connectivity index (χ3n) is 2.44. The van der Waals surface area contributed by atoms with Crippen LogP contribution in [0, 0.1) is 0 Å². The fraction of sp³-hybridized carbons (Fsp3) is 0.200. The van der Waals surface area contributed by atoms with Crippen molar-refractivity contribution in [2.45, 2.75) is 13.1 Å². The van der Waals surface area contributed by atoms with Crippen LogP contribution >= 0.6 is 0 Å². The molecule has 0 atom stereocenters. The summed E-state index contributed by atoms with van der Waals surface area (Å²) < 4.78 is 5.42. The molecule has 0 unspecified atom stereocenters. The van der Waals surface area contributed by atoms with Gasteiger partial charge in [-0.15, -0.1) is 0 Å². The molecule has 0 saturated carbocycles. The van der Waals surface area contributed by atoms with E-state index in [0.717, 1.165) is 18.7 Å². The highest BCUT2D eigenvalue weighted by molar-refractivity contribution is 5.81. The maximum absolute atomic E-state index is 5.42. The van der Waals surface area contributed by atoms with Crippen LogP contribution in [-0.2, 0) is 13.1 Å². The van der Waals surface area contributed by atoms with E-state index >= 15 is 0 Å². The van der Waals surface area contributed by atoms with Gasteiger partial charge in [-0.3, -0.25) is 0 Å². The van der Waals surface area contributed by atoms with Crippen LogP contribution in [0.5, 0.6) is 0 Å². The molecule has 3 rings (SSSR count). The average Bonchev–Trinajstić information content (AvgIpc) is 2.71. The number of furan rings is 1. The molecular formula is C10H9NO. The van der Waals surface area contributed by atoms with Crippen LogP contribution in [0.1, 0.15) is 11.1 Å². The predicted molar refractivity (Wildman–Crippen MR) is 46.8 cm³/mol. The molecule has 2 aromatic rings. The number of nitrogens with one attached hydrogen (secondary N) is 1. The molecule has 2 heterocycles. The summed E-state index contributed by atoms with van der Waals surface area (Å²) in [4.78, 5) is 0. The third-order valence-corrected chi connectivity index (χ3v) is 2.44. The summed E-state index contributed by atoms with van der Waals surface area (Å²) in [5.74, 6) is 0. The quantitative estimate of drug-likeness (QED) is 0.636. The van der Waals surface area contributed by atoms with E-state index in [4.69, 9.17) is 4.42 Å². The van der Waals surface area contributed by atoms with Gasteiger partial charge in [-0.25, -0.2) is 0 Å². The van der Waals surface area contributed by atoms with Crippen molar-refractivity contribution in [2.75, 3.05) is 0 Å². The van der Waals surface area contributed by atoms with E-state index in [1.165, 1.54) is 16.5 Å². The molecule has 0 amide bonds. The molecule has 0 radical (unpaired) electrons. The van der Waals surface area contributed by atoms with Crippen LogP contribution < -0.4 is 5.32 Å². The van der Waals surface area contributed by atoms with Crippen LogP contribution in [-0.4, -0.2) is 0 Å². The Kier molecular flexibility index (Phi) is 1.10. The van der Waals surface area contributed by atoms with Gasteiger partial charge >= 0.3 is 0 Å². The van der Waals surface area contributed by atoms with Crippen molar-refractivity contribution in [3.63, 3.8) is 0 Å². The molecular weight excluding hydrogens is 150 g/mol. The first-order valence-electron chi connectivity index (χ1n) is 4.14. The number of hydrogen-bond acceptors (Lipinski definition) is 2. The van der Waals surface area contributed by atoms with Crippen molar-refractivity contribution >= 4 is 11.0 Å². The summed E-state index contributed by atoms with van der Waals surface area (Å²) in [7, 11) is 0. The van der Waals surface area contributed by atoms with E-state index < -0.39 is 0 Å². The van der Waals surface area contributed by atoms with E-state index in [0.29, 0.717) is 0 Å². The first-order chi connectivity index (χ1) is 5.95. The second-order valence-corrected chi connectivity index (χ2v) is 3.15. The van der Waals surface area contributed by atoms with Gasteiger partial charge in [-0.2, -0.15) is 0 Å². The molecule has 12 heavy (non-hydrogen) atoms. The molecule has 1 aromatic carbocycles. The lowest BCUT2D eigenvalue weighted by Crippen LogP contribution is -1.99. The third kappa shape index (κ3) is 0.676. The maximum atomic E-state index is 5.42. The monoisotopic (exact) mass is 159 g/mol. The van der Waals surface area contributed by atoms with E-state index in [1.54, 1.807) is 6.26 Å². The summed E-state index contributed by atoms with van der Waals surface area (Å²) in [6, 6.07) is 6.30. The molecule has 0 saturated heterocycles. The summed E-state index contributed by atoms with van der Waals surface area (Å²) in [6.45, 7) is 1.92. The van der Waals surface area contributed by atoms with Crippen molar-refractivity contribution in [2.24, 2.45) is 0 Å². The van der Waals surface area contributed by atoms with Crippen molar-refractivity contribution < 1.29 is 4.42 Å². The molecule has 1 aliphatic heterocycles. The summed E-state index contributed by atoms with van der Waals surface area (Å²) >= 11 is 0. The van der Waals surface area contributed by atoms with Gasteiger partial charge in [0.2, 0.25) is 0 Å². The van der Waals surface area contributed by atoms with Gasteiger partial charge in [0.25, 0.3) is 0 Å². The number of fused-ring (bicyclic) bond motifs is 3. The van der Waals surface area contributed by atoms with E-state index in [1.807, 2.05) is 6.07 Å². The van der Waals surface area contributed by atoms with Crippen molar-refractivity contribution in [3.05, 3.63) is 35.6 Å². The molecule has 2 nitrogen and oxygen atoms in total. The Morgan fingerprint density at radius 2 is 2.17 bits per heavy atom. The molecule has 0 aliphatic carbocycles. The smallest absolute Gasteiger partial charge is 0.138 e. The Morgan fingerprint density at radius 1 is 1.17 bits per heavy atom. The van der Waals surface area contributed by atoms with Crippen molar-refractivity contribution in [3.8, 4) is 0 Å². The minimum absolute atomic E-state index is 0.945. The Balaban J connectivity index is 2.46. The highest BCUT2D eigenvalue weighted by Gasteiger charge is 2.14. The lowest BCUT2D eigenvalue weighted by Gasteiger charge is -1.96. The van der Waals surface area contributed by atoms with Gasteiger partial charge in [-0.1, -0.05) is 12.1 Å². The Bertz CT molecular complexity index is 430. The number of hydrogen-bond donors (Lipinski definition) is 1. The second kappa shape index (κ2) is 2.11. The Hall–Kier alpha value is -1.28.